The number of carbonyl (C=O) groups is 2. The maximum absolute atomic E-state index is 12.0. The first kappa shape index (κ1) is 16.7. The van der Waals surface area contributed by atoms with Gasteiger partial charge in [0.1, 0.15) is 5.03 Å². The fourth-order valence-electron chi connectivity index (χ4n) is 1.69. The van der Waals surface area contributed by atoms with Crippen LogP contribution in [0.25, 0.3) is 0 Å². The molecule has 0 aliphatic heterocycles. The molecule has 8 nitrogen and oxygen atoms in total. The molecule has 0 aliphatic carbocycles. The summed E-state index contributed by atoms with van der Waals surface area (Å²) < 4.78 is 4.62. The summed E-state index contributed by atoms with van der Waals surface area (Å²) in [6.07, 6.45) is 0. The predicted octanol–water partition coefficient (Wildman–Crippen LogP) is 0.991. The minimum Gasteiger partial charge on any atom is -0.465 e. The van der Waals surface area contributed by atoms with Gasteiger partial charge in [0.25, 0.3) is 0 Å². The highest BCUT2D eigenvalue weighted by Crippen LogP contribution is 2.17. The largest absolute Gasteiger partial charge is 0.465 e. The number of aromatic amines is 1. The Morgan fingerprint density at radius 2 is 2.17 bits per heavy atom. The molecule has 0 saturated carbocycles. The summed E-state index contributed by atoms with van der Waals surface area (Å²) in [4.78, 5) is 38.3. The number of hydrogen-bond donors (Lipinski definition) is 2. The van der Waals surface area contributed by atoms with E-state index in [-0.39, 0.29) is 11.7 Å². The van der Waals surface area contributed by atoms with Gasteiger partial charge in [-0.05, 0) is 25.1 Å². The first-order chi connectivity index (χ1) is 11.0. The van der Waals surface area contributed by atoms with E-state index in [2.05, 4.69) is 25.2 Å². The molecule has 1 amide bonds. The number of thioether (sulfide) groups is 1. The second-order valence-electron chi connectivity index (χ2n) is 4.44. The topological polar surface area (TPSA) is 114 Å². The average Bonchev–Trinajstić information content (AvgIpc) is 2.55. The van der Waals surface area contributed by atoms with Crippen LogP contribution < -0.4 is 11.0 Å². The third-order valence-electron chi connectivity index (χ3n) is 2.74. The van der Waals surface area contributed by atoms with Crippen LogP contribution in [0.2, 0.25) is 0 Å². The molecule has 2 rings (SSSR count). The number of amides is 1. The molecule has 0 unspecified atom stereocenters. The lowest BCUT2D eigenvalue weighted by Gasteiger charge is -2.07. The van der Waals surface area contributed by atoms with Gasteiger partial charge in [0.15, 0.2) is 0 Å². The average molecular weight is 334 g/mol. The van der Waals surface area contributed by atoms with Crippen LogP contribution in [-0.4, -0.2) is 39.9 Å². The Hall–Kier alpha value is -2.68. The van der Waals surface area contributed by atoms with E-state index in [4.69, 9.17) is 0 Å². The molecule has 120 valence electrons. The van der Waals surface area contributed by atoms with E-state index in [1.165, 1.54) is 13.2 Å². The predicted molar refractivity (Wildman–Crippen MR) is 84.5 cm³/mol. The maximum atomic E-state index is 12.0. The Labute approximate surface area is 135 Å². The number of methoxy groups -OCH3 is 1. The second-order valence-corrected chi connectivity index (χ2v) is 5.40. The Kier molecular flexibility index (Phi) is 5.47. The monoisotopic (exact) mass is 334 g/mol. The molecule has 0 fully saturated rings. The Balaban J connectivity index is 1.98. The number of rotatable bonds is 5. The second kappa shape index (κ2) is 7.54. The van der Waals surface area contributed by atoms with Crippen molar-refractivity contribution in [2.45, 2.75) is 11.9 Å². The number of esters is 1. The zero-order valence-electron chi connectivity index (χ0n) is 12.5. The molecule has 0 radical (unpaired) electrons. The first-order valence-corrected chi connectivity index (χ1v) is 7.52. The number of nitrogens with zero attached hydrogens (tertiary/aromatic N) is 2. The molecule has 0 saturated heterocycles. The van der Waals surface area contributed by atoms with Gasteiger partial charge in [-0.25, -0.2) is 14.7 Å². The van der Waals surface area contributed by atoms with Gasteiger partial charge in [-0.3, -0.25) is 4.79 Å². The molecular formula is C14H14N4O4S. The molecule has 1 aromatic heterocycles. The molecule has 0 spiro atoms. The quantitative estimate of drug-likeness (QED) is 0.619. The molecule has 1 aromatic carbocycles. The molecular weight excluding hydrogens is 320 g/mol. The van der Waals surface area contributed by atoms with Crippen LogP contribution in [0, 0.1) is 6.92 Å². The van der Waals surface area contributed by atoms with Crippen LogP contribution in [0.15, 0.2) is 34.1 Å². The van der Waals surface area contributed by atoms with Crippen molar-refractivity contribution in [3.63, 3.8) is 0 Å². The Bertz CT molecular complexity index is 790. The molecule has 23 heavy (non-hydrogen) atoms. The van der Waals surface area contributed by atoms with Gasteiger partial charge >= 0.3 is 11.7 Å². The third kappa shape index (κ3) is 4.65. The van der Waals surface area contributed by atoms with E-state index in [0.717, 1.165) is 11.8 Å². The summed E-state index contributed by atoms with van der Waals surface area (Å²) in [7, 11) is 1.29. The summed E-state index contributed by atoms with van der Waals surface area (Å²) in [5.41, 5.74) is 0.792. The van der Waals surface area contributed by atoms with Crippen molar-refractivity contribution < 1.29 is 14.3 Å². The van der Waals surface area contributed by atoms with Crippen LogP contribution in [0.3, 0.4) is 0 Å². The van der Waals surface area contributed by atoms with Crippen LogP contribution in [0.4, 0.5) is 5.69 Å². The third-order valence-corrected chi connectivity index (χ3v) is 3.81. The fourth-order valence-corrected chi connectivity index (χ4v) is 2.43. The molecule has 0 atom stereocenters. The number of anilines is 1. The molecule has 2 aromatic rings. The van der Waals surface area contributed by atoms with E-state index in [1.54, 1.807) is 25.1 Å². The van der Waals surface area contributed by atoms with Gasteiger partial charge < -0.3 is 10.1 Å². The summed E-state index contributed by atoms with van der Waals surface area (Å²) in [5, 5.41) is 9.05. The molecule has 1 heterocycles. The maximum Gasteiger partial charge on any atom is 0.362 e. The number of ether oxygens (including phenoxy) is 1. The number of H-pyrrole nitrogens is 1. The number of hydrogen-bond acceptors (Lipinski definition) is 7. The highest BCUT2D eigenvalue weighted by Gasteiger charge is 2.10. The van der Waals surface area contributed by atoms with Crippen molar-refractivity contribution in [1.82, 2.24) is 15.2 Å². The zero-order chi connectivity index (χ0) is 16.8. The van der Waals surface area contributed by atoms with Gasteiger partial charge in [0, 0.05) is 5.69 Å². The molecule has 9 heteroatoms. The number of aryl methyl sites for hydroxylation is 1. The number of carbonyl (C=O) groups excluding carboxylic acids is 2. The summed E-state index contributed by atoms with van der Waals surface area (Å²) in [6.45, 7) is 1.68. The fraction of sp³-hybridized carbons (Fsp3) is 0.214. The van der Waals surface area contributed by atoms with E-state index in [1.807, 2.05) is 0 Å². The minimum atomic E-state index is -0.565. The highest BCUT2D eigenvalue weighted by atomic mass is 32.2. The van der Waals surface area contributed by atoms with Crippen LogP contribution in [0.1, 0.15) is 16.1 Å². The first-order valence-electron chi connectivity index (χ1n) is 6.54. The Morgan fingerprint density at radius 3 is 2.91 bits per heavy atom. The lowest BCUT2D eigenvalue weighted by molar-refractivity contribution is -0.113. The minimum absolute atomic E-state index is 0.0570. The van der Waals surface area contributed by atoms with Crippen molar-refractivity contribution in [2.75, 3.05) is 18.2 Å². The van der Waals surface area contributed by atoms with Gasteiger partial charge in [-0.2, -0.15) is 10.1 Å². The number of benzene rings is 1. The summed E-state index contributed by atoms with van der Waals surface area (Å²) >= 11 is 1.11. The number of aromatic nitrogens is 3. The molecule has 0 bridgehead atoms. The number of nitrogens with one attached hydrogen (secondary N) is 2. The summed E-state index contributed by atoms with van der Waals surface area (Å²) in [6, 6.07) is 6.41. The van der Waals surface area contributed by atoms with Crippen LogP contribution >= 0.6 is 11.8 Å². The van der Waals surface area contributed by atoms with Gasteiger partial charge in [0.2, 0.25) is 5.91 Å². The Morgan fingerprint density at radius 1 is 1.39 bits per heavy atom. The van der Waals surface area contributed by atoms with Gasteiger partial charge in [0.05, 0.1) is 24.1 Å². The normalized spacial score (nSPS) is 10.2. The van der Waals surface area contributed by atoms with Gasteiger partial charge in [-0.15, -0.1) is 0 Å². The molecule has 2 N–H and O–H groups in total. The standard InChI is InChI=1S/C14H14N4O4S/c1-8-12(16-14(21)18-17-8)23-7-11(19)15-10-5-3-4-9(6-10)13(20)22-2/h3-6H,7H2,1-2H3,(H,15,19)(H,16,18,21). The van der Waals surface area contributed by atoms with Crippen molar-refractivity contribution in [1.29, 1.82) is 0 Å². The van der Waals surface area contributed by atoms with Crippen molar-refractivity contribution >= 4 is 29.3 Å². The van der Waals surface area contributed by atoms with E-state index in [9.17, 15) is 14.4 Å². The van der Waals surface area contributed by atoms with Gasteiger partial charge in [-0.1, -0.05) is 17.8 Å². The van der Waals surface area contributed by atoms with Crippen molar-refractivity contribution in [3.05, 3.63) is 46.0 Å². The van der Waals surface area contributed by atoms with Crippen LogP contribution in [-0.2, 0) is 9.53 Å². The SMILES string of the molecule is COC(=O)c1cccc(NC(=O)CSc2nc(=O)[nH]nc2C)c1. The molecule has 0 aliphatic rings. The zero-order valence-corrected chi connectivity index (χ0v) is 13.3. The lowest BCUT2D eigenvalue weighted by atomic mass is 10.2. The van der Waals surface area contributed by atoms with Crippen molar-refractivity contribution in [3.8, 4) is 0 Å². The van der Waals surface area contributed by atoms with E-state index < -0.39 is 11.7 Å². The van der Waals surface area contributed by atoms with E-state index in [0.29, 0.717) is 22.0 Å². The van der Waals surface area contributed by atoms with Crippen molar-refractivity contribution in [2.24, 2.45) is 0 Å². The lowest BCUT2D eigenvalue weighted by Crippen LogP contribution is -2.17. The van der Waals surface area contributed by atoms with Crippen LogP contribution in [0.5, 0.6) is 0 Å². The van der Waals surface area contributed by atoms with E-state index >= 15 is 0 Å². The smallest absolute Gasteiger partial charge is 0.362 e. The highest BCUT2D eigenvalue weighted by molar-refractivity contribution is 8.00. The summed E-state index contributed by atoms with van der Waals surface area (Å²) in [5.74, 6) is -0.718.